The molecule has 2 aromatic rings. The van der Waals surface area contributed by atoms with Crippen molar-refractivity contribution in [1.29, 1.82) is 0 Å². The monoisotopic (exact) mass is 387 g/mol. The van der Waals surface area contributed by atoms with E-state index in [4.69, 9.17) is 4.74 Å². The van der Waals surface area contributed by atoms with Gasteiger partial charge in [0.1, 0.15) is 5.75 Å². The molecule has 0 radical (unpaired) electrons. The summed E-state index contributed by atoms with van der Waals surface area (Å²) in [4.78, 5) is 27.9. The molecular weight excluding hydrogens is 362 g/mol. The fraction of sp³-hybridized carbons (Fsp3) is 0.400. The molecule has 2 amide bonds. The maximum absolute atomic E-state index is 12.5. The smallest absolute Gasteiger partial charge is 0.234 e. The van der Waals surface area contributed by atoms with Crippen LogP contribution >= 0.6 is 11.3 Å². The van der Waals surface area contributed by atoms with E-state index in [1.165, 1.54) is 0 Å². The van der Waals surface area contributed by atoms with Crippen LogP contribution in [0.2, 0.25) is 0 Å². The van der Waals surface area contributed by atoms with Gasteiger partial charge in [0.15, 0.2) is 0 Å². The van der Waals surface area contributed by atoms with Crippen LogP contribution in [0.1, 0.15) is 17.7 Å². The van der Waals surface area contributed by atoms with E-state index in [0.717, 1.165) is 30.8 Å². The number of benzene rings is 1. The van der Waals surface area contributed by atoms with E-state index in [0.29, 0.717) is 24.5 Å². The van der Waals surface area contributed by atoms with Crippen LogP contribution in [0, 0.1) is 5.92 Å². The van der Waals surface area contributed by atoms with Gasteiger partial charge in [0.25, 0.3) is 0 Å². The summed E-state index contributed by atoms with van der Waals surface area (Å²) in [7, 11) is 1.59. The number of hydrogen-bond acceptors (Lipinski definition) is 5. The number of carbonyl (C=O) groups is 2. The van der Waals surface area contributed by atoms with Crippen LogP contribution in [0.4, 0.5) is 5.69 Å². The second-order valence-electron chi connectivity index (χ2n) is 6.60. The van der Waals surface area contributed by atoms with Crippen molar-refractivity contribution in [2.24, 2.45) is 5.92 Å². The Morgan fingerprint density at radius 2 is 1.96 bits per heavy atom. The number of para-hydroxylation sites is 2. The predicted octanol–water partition coefficient (Wildman–Crippen LogP) is 2.72. The number of ether oxygens (including phenoxy) is 1. The first-order valence-corrected chi connectivity index (χ1v) is 9.99. The normalized spacial score (nSPS) is 15.3. The van der Waals surface area contributed by atoms with E-state index in [-0.39, 0.29) is 17.7 Å². The van der Waals surface area contributed by atoms with Crippen molar-refractivity contribution >= 4 is 28.8 Å². The molecule has 0 atom stereocenters. The number of thiophene rings is 1. The first-order chi connectivity index (χ1) is 13.2. The maximum atomic E-state index is 12.5. The molecule has 2 heterocycles. The SMILES string of the molecule is COc1ccccc1NC(=O)C1CCN(CC(=O)NCc2cccs2)CC1. The molecule has 0 unspecified atom stereocenters. The van der Waals surface area contributed by atoms with Crippen LogP contribution in [0.15, 0.2) is 41.8 Å². The largest absolute Gasteiger partial charge is 0.495 e. The lowest BCUT2D eigenvalue weighted by Gasteiger charge is -2.30. The van der Waals surface area contributed by atoms with E-state index in [9.17, 15) is 9.59 Å². The first-order valence-electron chi connectivity index (χ1n) is 9.11. The zero-order chi connectivity index (χ0) is 19.1. The minimum Gasteiger partial charge on any atom is -0.495 e. The van der Waals surface area contributed by atoms with Gasteiger partial charge in [-0.15, -0.1) is 11.3 Å². The lowest BCUT2D eigenvalue weighted by Crippen LogP contribution is -2.43. The minimum atomic E-state index is -0.0413. The summed E-state index contributed by atoms with van der Waals surface area (Å²) in [6, 6.07) is 11.4. The van der Waals surface area contributed by atoms with Crippen LogP contribution in [0.3, 0.4) is 0 Å². The zero-order valence-corrected chi connectivity index (χ0v) is 16.3. The predicted molar refractivity (Wildman–Crippen MR) is 107 cm³/mol. The highest BCUT2D eigenvalue weighted by Gasteiger charge is 2.26. The number of anilines is 1. The molecule has 2 N–H and O–H groups in total. The van der Waals surface area contributed by atoms with Gasteiger partial charge in [-0.3, -0.25) is 14.5 Å². The highest BCUT2D eigenvalue weighted by Crippen LogP contribution is 2.25. The first kappa shape index (κ1) is 19.4. The van der Waals surface area contributed by atoms with Crippen molar-refractivity contribution in [3.63, 3.8) is 0 Å². The Kier molecular flexibility index (Phi) is 6.84. The molecule has 1 aliphatic heterocycles. The highest BCUT2D eigenvalue weighted by atomic mass is 32.1. The van der Waals surface area contributed by atoms with E-state index in [1.807, 2.05) is 41.8 Å². The minimum absolute atomic E-state index is 0.0151. The number of piperidine rings is 1. The van der Waals surface area contributed by atoms with E-state index in [2.05, 4.69) is 15.5 Å². The van der Waals surface area contributed by atoms with Gasteiger partial charge >= 0.3 is 0 Å². The lowest BCUT2D eigenvalue weighted by molar-refractivity contribution is -0.123. The summed E-state index contributed by atoms with van der Waals surface area (Å²) in [5.74, 6) is 0.660. The molecule has 0 bridgehead atoms. The Morgan fingerprint density at radius 3 is 2.67 bits per heavy atom. The zero-order valence-electron chi connectivity index (χ0n) is 15.4. The number of nitrogens with zero attached hydrogens (tertiary/aromatic N) is 1. The number of carbonyl (C=O) groups excluding carboxylic acids is 2. The topological polar surface area (TPSA) is 70.7 Å². The average Bonchev–Trinajstić information content (AvgIpc) is 3.21. The van der Waals surface area contributed by atoms with Crippen LogP contribution in [0.5, 0.6) is 5.75 Å². The Morgan fingerprint density at radius 1 is 1.19 bits per heavy atom. The number of hydrogen-bond donors (Lipinski definition) is 2. The summed E-state index contributed by atoms with van der Waals surface area (Å²) in [6.07, 6.45) is 1.50. The molecule has 27 heavy (non-hydrogen) atoms. The average molecular weight is 388 g/mol. The molecule has 1 aliphatic rings. The number of likely N-dealkylation sites (tertiary alicyclic amines) is 1. The highest BCUT2D eigenvalue weighted by molar-refractivity contribution is 7.09. The van der Waals surface area contributed by atoms with Gasteiger partial charge in [0.2, 0.25) is 11.8 Å². The maximum Gasteiger partial charge on any atom is 0.234 e. The third-order valence-electron chi connectivity index (χ3n) is 4.73. The van der Waals surface area contributed by atoms with Gasteiger partial charge < -0.3 is 15.4 Å². The summed E-state index contributed by atoms with van der Waals surface area (Å²) in [5.41, 5.74) is 0.695. The summed E-state index contributed by atoms with van der Waals surface area (Å²) >= 11 is 1.64. The van der Waals surface area contributed by atoms with Gasteiger partial charge in [0, 0.05) is 10.8 Å². The van der Waals surface area contributed by atoms with E-state index >= 15 is 0 Å². The summed E-state index contributed by atoms with van der Waals surface area (Å²) < 4.78 is 5.28. The molecule has 1 aromatic heterocycles. The van der Waals surface area contributed by atoms with Crippen molar-refractivity contribution in [1.82, 2.24) is 10.2 Å². The third kappa shape index (κ3) is 5.55. The van der Waals surface area contributed by atoms with Crippen LogP contribution in [-0.4, -0.2) is 43.5 Å². The summed E-state index contributed by atoms with van der Waals surface area (Å²) in [5, 5.41) is 7.91. The quantitative estimate of drug-likeness (QED) is 0.766. The molecule has 0 aliphatic carbocycles. The molecule has 6 nitrogen and oxygen atoms in total. The van der Waals surface area contributed by atoms with Gasteiger partial charge in [0.05, 0.1) is 25.9 Å². The lowest BCUT2D eigenvalue weighted by atomic mass is 9.95. The molecule has 1 saturated heterocycles. The van der Waals surface area contributed by atoms with Crippen LogP contribution in [0.25, 0.3) is 0 Å². The van der Waals surface area contributed by atoms with Crippen LogP contribution in [-0.2, 0) is 16.1 Å². The van der Waals surface area contributed by atoms with Gasteiger partial charge in [-0.2, -0.15) is 0 Å². The van der Waals surface area contributed by atoms with Gasteiger partial charge in [-0.25, -0.2) is 0 Å². The molecule has 1 aromatic carbocycles. The molecule has 1 fully saturated rings. The molecular formula is C20H25N3O3S. The van der Waals surface area contributed by atoms with E-state index < -0.39 is 0 Å². The number of nitrogens with one attached hydrogen (secondary N) is 2. The molecule has 144 valence electrons. The van der Waals surface area contributed by atoms with E-state index in [1.54, 1.807) is 18.4 Å². The molecule has 7 heteroatoms. The molecule has 3 rings (SSSR count). The Hall–Kier alpha value is -2.38. The molecule has 0 spiro atoms. The van der Waals surface area contributed by atoms with Crippen molar-refractivity contribution in [2.45, 2.75) is 19.4 Å². The van der Waals surface area contributed by atoms with Crippen molar-refractivity contribution in [2.75, 3.05) is 32.1 Å². The Balaban J connectivity index is 1.41. The van der Waals surface area contributed by atoms with Gasteiger partial charge in [-0.1, -0.05) is 18.2 Å². The Labute approximate surface area is 163 Å². The fourth-order valence-electron chi connectivity index (χ4n) is 3.19. The molecule has 0 saturated carbocycles. The fourth-order valence-corrected chi connectivity index (χ4v) is 3.84. The van der Waals surface area contributed by atoms with Crippen molar-refractivity contribution in [3.05, 3.63) is 46.7 Å². The van der Waals surface area contributed by atoms with Crippen molar-refractivity contribution < 1.29 is 14.3 Å². The van der Waals surface area contributed by atoms with Gasteiger partial charge in [-0.05, 0) is 49.5 Å². The third-order valence-corrected chi connectivity index (χ3v) is 5.61. The second kappa shape index (κ2) is 9.53. The standard InChI is InChI=1S/C20H25N3O3S/c1-26-18-7-3-2-6-17(18)22-20(25)15-8-10-23(11-9-15)14-19(24)21-13-16-5-4-12-27-16/h2-7,12,15H,8-11,13-14H2,1H3,(H,21,24)(H,22,25). The van der Waals surface area contributed by atoms with Crippen molar-refractivity contribution in [3.8, 4) is 5.75 Å². The summed E-state index contributed by atoms with van der Waals surface area (Å²) in [6.45, 7) is 2.45. The number of amides is 2. The van der Waals surface area contributed by atoms with Crippen LogP contribution < -0.4 is 15.4 Å². The second-order valence-corrected chi connectivity index (χ2v) is 7.63. The number of methoxy groups -OCH3 is 1. The Bertz CT molecular complexity index is 756. The number of rotatable bonds is 7.